The van der Waals surface area contributed by atoms with Gasteiger partial charge in [-0.05, 0) is 0 Å². The summed E-state index contributed by atoms with van der Waals surface area (Å²) in [6.07, 6.45) is -0.511. The van der Waals surface area contributed by atoms with Crippen LogP contribution in [-0.2, 0) is 14.3 Å². The van der Waals surface area contributed by atoms with Crippen LogP contribution >= 0.6 is 0 Å². The molecule has 1 aliphatic heterocycles. The van der Waals surface area contributed by atoms with Crippen molar-refractivity contribution in [2.75, 3.05) is 42.4 Å². The Balaban J connectivity index is 2.05. The highest BCUT2D eigenvalue weighted by molar-refractivity contribution is 5.71. The molecule has 0 aromatic carbocycles. The summed E-state index contributed by atoms with van der Waals surface area (Å²) in [5.41, 5.74) is 11.2. The molecule has 0 aliphatic carbocycles. The van der Waals surface area contributed by atoms with Crippen molar-refractivity contribution >= 4 is 23.4 Å². The zero-order valence-electron chi connectivity index (χ0n) is 11.6. The van der Waals surface area contributed by atoms with Crippen LogP contribution < -0.4 is 27.2 Å². The monoisotopic (exact) mass is 298 g/mol. The van der Waals surface area contributed by atoms with Crippen LogP contribution in [0.15, 0.2) is 4.79 Å². The zero-order chi connectivity index (χ0) is 15.4. The summed E-state index contributed by atoms with van der Waals surface area (Å²) in [6, 6.07) is 0. The summed E-state index contributed by atoms with van der Waals surface area (Å²) < 4.78 is 10.3. The zero-order valence-corrected chi connectivity index (χ0v) is 11.6. The molecule has 0 radical (unpaired) electrons. The number of aromatic nitrogens is 2. The Morgan fingerprint density at radius 3 is 2.95 bits per heavy atom. The first-order chi connectivity index (χ1) is 10.0. The highest BCUT2D eigenvalue weighted by Crippen LogP contribution is 2.27. The maximum absolute atomic E-state index is 11.7. The molecule has 1 unspecified atom stereocenters. The molecule has 10 nitrogen and oxygen atoms in total. The first-order valence-electron chi connectivity index (χ1n) is 6.38. The smallest absolute Gasteiger partial charge is 0.302 e. The van der Waals surface area contributed by atoms with E-state index in [2.05, 4.69) is 15.3 Å². The van der Waals surface area contributed by atoms with E-state index < -0.39 is 6.23 Å². The Morgan fingerprint density at radius 2 is 2.29 bits per heavy atom. The maximum Gasteiger partial charge on any atom is 0.302 e. The lowest BCUT2D eigenvalue weighted by Gasteiger charge is -2.27. The number of H-pyrrole nitrogens is 1. The predicted molar refractivity (Wildman–Crippen MR) is 75.7 cm³/mol. The van der Waals surface area contributed by atoms with E-state index in [0.717, 1.165) is 0 Å². The van der Waals surface area contributed by atoms with E-state index >= 15 is 0 Å². The second-order valence-corrected chi connectivity index (χ2v) is 4.36. The largest absolute Gasteiger partial charge is 0.463 e. The number of nitrogen functional groups attached to an aromatic ring is 1. The Bertz CT molecular complexity index is 574. The van der Waals surface area contributed by atoms with Gasteiger partial charge in [-0.2, -0.15) is 4.98 Å². The molecule has 0 spiro atoms. The number of hydrogen-bond donors (Lipinski definition) is 4. The molecule has 0 saturated carbocycles. The number of anilines is 3. The standard InChI is InChI=1S/C11H18N6O4/c1-6(18)20-2-3-21-7(4-12)17-5-14-8-9(17)15-11(13)16-10(8)19/h7,14H,2-5,12H2,1H3,(H3,13,15,16,19). The van der Waals surface area contributed by atoms with Crippen LogP contribution in [0.4, 0.5) is 17.5 Å². The minimum atomic E-state index is -0.511. The van der Waals surface area contributed by atoms with Crippen LogP contribution in [0.3, 0.4) is 0 Å². The predicted octanol–water partition coefficient (Wildman–Crippen LogP) is -1.59. The van der Waals surface area contributed by atoms with Gasteiger partial charge in [-0.25, -0.2) is 0 Å². The maximum atomic E-state index is 11.7. The number of nitrogens with one attached hydrogen (secondary N) is 2. The summed E-state index contributed by atoms with van der Waals surface area (Å²) in [4.78, 5) is 30.6. The van der Waals surface area contributed by atoms with Gasteiger partial charge in [-0.1, -0.05) is 0 Å². The van der Waals surface area contributed by atoms with Crippen molar-refractivity contribution in [3.8, 4) is 0 Å². The molecule has 0 amide bonds. The summed E-state index contributed by atoms with van der Waals surface area (Å²) in [6.45, 7) is 2.14. The molecule has 0 bridgehead atoms. The van der Waals surface area contributed by atoms with Gasteiger partial charge in [0.05, 0.1) is 13.3 Å². The topological polar surface area (TPSA) is 149 Å². The van der Waals surface area contributed by atoms with E-state index in [0.29, 0.717) is 18.2 Å². The van der Waals surface area contributed by atoms with Gasteiger partial charge in [0.2, 0.25) is 5.95 Å². The molecule has 0 fully saturated rings. The molecule has 0 saturated heterocycles. The van der Waals surface area contributed by atoms with Crippen LogP contribution in [0.2, 0.25) is 0 Å². The first kappa shape index (κ1) is 15.1. The van der Waals surface area contributed by atoms with E-state index in [1.165, 1.54) is 6.92 Å². The van der Waals surface area contributed by atoms with Gasteiger partial charge in [-0.3, -0.25) is 14.6 Å². The number of hydrogen-bond acceptors (Lipinski definition) is 9. The first-order valence-corrected chi connectivity index (χ1v) is 6.38. The SMILES string of the molecule is CC(=O)OCCOC(CN)N1CNc2c1nc(N)[nH]c2=O. The van der Waals surface area contributed by atoms with Crippen molar-refractivity contribution in [1.29, 1.82) is 0 Å². The number of nitrogens with zero attached hydrogens (tertiary/aromatic N) is 2. The number of aromatic amines is 1. The molecule has 1 aromatic heterocycles. The van der Waals surface area contributed by atoms with Crippen molar-refractivity contribution in [2.24, 2.45) is 5.73 Å². The number of fused-ring (bicyclic) bond motifs is 1. The Labute approximate surface area is 120 Å². The van der Waals surface area contributed by atoms with Gasteiger partial charge in [0.15, 0.2) is 5.82 Å². The molecule has 10 heteroatoms. The van der Waals surface area contributed by atoms with Crippen LogP contribution in [-0.4, -0.2) is 48.6 Å². The molecule has 2 heterocycles. The number of nitrogens with two attached hydrogens (primary N) is 2. The van der Waals surface area contributed by atoms with Gasteiger partial charge in [0, 0.05) is 13.5 Å². The third kappa shape index (κ3) is 3.41. The van der Waals surface area contributed by atoms with E-state index in [1.54, 1.807) is 4.90 Å². The fraction of sp³-hybridized carbons (Fsp3) is 0.545. The van der Waals surface area contributed by atoms with Crippen molar-refractivity contribution in [3.63, 3.8) is 0 Å². The summed E-state index contributed by atoms with van der Waals surface area (Å²) in [5, 5.41) is 2.91. The summed E-state index contributed by atoms with van der Waals surface area (Å²) >= 11 is 0. The molecule has 116 valence electrons. The van der Waals surface area contributed by atoms with E-state index in [4.69, 9.17) is 20.9 Å². The van der Waals surface area contributed by atoms with Crippen LogP contribution in [0.5, 0.6) is 0 Å². The van der Waals surface area contributed by atoms with Crippen LogP contribution in [0.25, 0.3) is 0 Å². The van der Waals surface area contributed by atoms with Crippen LogP contribution in [0, 0.1) is 0 Å². The lowest BCUT2D eigenvalue weighted by Crippen LogP contribution is -2.43. The highest BCUT2D eigenvalue weighted by atomic mass is 16.6. The Hall–Kier alpha value is -2.33. The number of rotatable bonds is 6. The Morgan fingerprint density at radius 1 is 1.52 bits per heavy atom. The number of esters is 1. The fourth-order valence-electron chi connectivity index (χ4n) is 1.98. The van der Waals surface area contributed by atoms with Crippen molar-refractivity contribution in [2.45, 2.75) is 13.2 Å². The second kappa shape index (κ2) is 6.41. The van der Waals surface area contributed by atoms with Gasteiger partial charge < -0.3 is 31.2 Å². The van der Waals surface area contributed by atoms with Crippen molar-refractivity contribution < 1.29 is 14.3 Å². The van der Waals surface area contributed by atoms with Gasteiger partial charge >= 0.3 is 5.97 Å². The molecule has 21 heavy (non-hydrogen) atoms. The molecule has 2 rings (SSSR count). The van der Waals surface area contributed by atoms with Gasteiger partial charge in [-0.15, -0.1) is 0 Å². The van der Waals surface area contributed by atoms with E-state index in [-0.39, 0.29) is 37.2 Å². The molecular formula is C11H18N6O4. The van der Waals surface area contributed by atoms with E-state index in [1.807, 2.05) is 0 Å². The third-order valence-electron chi connectivity index (χ3n) is 2.87. The second-order valence-electron chi connectivity index (χ2n) is 4.36. The van der Waals surface area contributed by atoms with Crippen molar-refractivity contribution in [1.82, 2.24) is 9.97 Å². The van der Waals surface area contributed by atoms with Gasteiger partial charge in [0.1, 0.15) is 18.5 Å². The summed E-state index contributed by atoms with van der Waals surface area (Å²) in [7, 11) is 0. The summed E-state index contributed by atoms with van der Waals surface area (Å²) in [5.74, 6) is 0.0272. The third-order valence-corrected chi connectivity index (χ3v) is 2.87. The normalized spacial score (nSPS) is 14.5. The fourth-order valence-corrected chi connectivity index (χ4v) is 1.98. The minimum absolute atomic E-state index is 0.0168. The average Bonchev–Trinajstić information content (AvgIpc) is 2.82. The minimum Gasteiger partial charge on any atom is -0.463 e. The van der Waals surface area contributed by atoms with Crippen molar-refractivity contribution in [3.05, 3.63) is 10.4 Å². The highest BCUT2D eigenvalue weighted by Gasteiger charge is 2.29. The molecule has 1 atom stereocenters. The average molecular weight is 298 g/mol. The lowest BCUT2D eigenvalue weighted by molar-refractivity contribution is -0.143. The molecule has 6 N–H and O–H groups in total. The van der Waals surface area contributed by atoms with Gasteiger partial charge in [0.25, 0.3) is 5.56 Å². The molecule has 1 aliphatic rings. The number of carbonyl (C=O) groups excluding carboxylic acids is 1. The number of ether oxygens (including phenoxy) is 2. The quantitative estimate of drug-likeness (QED) is 0.360. The molecular weight excluding hydrogens is 280 g/mol. The number of carbonyl (C=O) groups is 1. The van der Waals surface area contributed by atoms with E-state index in [9.17, 15) is 9.59 Å². The van der Waals surface area contributed by atoms with Crippen LogP contribution in [0.1, 0.15) is 6.92 Å². The lowest BCUT2D eigenvalue weighted by atomic mass is 10.4. The molecule has 1 aromatic rings. The Kier molecular flexibility index (Phi) is 4.60.